The molecule has 1 aliphatic rings. The molecule has 3 atom stereocenters. The molecule has 1 aliphatic heterocycles. The Bertz CT molecular complexity index is 766. The van der Waals surface area contributed by atoms with Gasteiger partial charge < -0.3 is 14.7 Å². The average Bonchev–Trinajstić information content (AvgIpc) is 3.25. The molecule has 3 heterocycles. The van der Waals surface area contributed by atoms with E-state index in [-0.39, 0.29) is 18.0 Å². The number of carbonyl (C=O) groups is 1. The standard InChI is InChI=1S/C17H15N3OS/c21-11-13-15(12-5-2-1-3-6-12)19-17-18-8-9-20(17)16(13)14-7-4-10-22-14/h1-11,13,15-16H,(H,18,19)/t13-,15-,16-/m0/s1. The van der Waals surface area contributed by atoms with Crippen LogP contribution in [0.15, 0.2) is 60.2 Å². The SMILES string of the molecule is O=C[C@@H]1[C@@H](c2cccs2)n2ccnc2N[C@H]1c1ccccc1. The van der Waals surface area contributed by atoms with Crippen molar-refractivity contribution in [2.75, 3.05) is 5.32 Å². The Morgan fingerprint density at radius 1 is 1.18 bits per heavy atom. The summed E-state index contributed by atoms with van der Waals surface area (Å²) in [6.45, 7) is 0. The summed E-state index contributed by atoms with van der Waals surface area (Å²) < 4.78 is 2.06. The van der Waals surface area contributed by atoms with E-state index >= 15 is 0 Å². The van der Waals surface area contributed by atoms with Crippen LogP contribution in [0.3, 0.4) is 0 Å². The molecule has 1 aromatic carbocycles. The van der Waals surface area contributed by atoms with Crippen LogP contribution in [-0.4, -0.2) is 15.8 Å². The van der Waals surface area contributed by atoms with Gasteiger partial charge >= 0.3 is 0 Å². The van der Waals surface area contributed by atoms with Crippen LogP contribution in [0.1, 0.15) is 22.5 Å². The number of carbonyl (C=O) groups excluding carboxylic acids is 1. The normalized spacial score (nSPS) is 23.5. The summed E-state index contributed by atoms with van der Waals surface area (Å²) in [5, 5.41) is 5.46. The molecule has 4 rings (SSSR count). The third kappa shape index (κ3) is 2.05. The summed E-state index contributed by atoms with van der Waals surface area (Å²) in [7, 11) is 0. The fourth-order valence-corrected chi connectivity index (χ4v) is 4.04. The fraction of sp³-hybridized carbons (Fsp3) is 0.176. The molecule has 0 radical (unpaired) electrons. The Balaban J connectivity index is 1.85. The van der Waals surface area contributed by atoms with Crippen molar-refractivity contribution in [1.29, 1.82) is 0 Å². The zero-order valence-electron chi connectivity index (χ0n) is 11.8. The monoisotopic (exact) mass is 309 g/mol. The summed E-state index contributed by atoms with van der Waals surface area (Å²) in [4.78, 5) is 17.5. The third-order valence-corrected chi connectivity index (χ3v) is 5.10. The van der Waals surface area contributed by atoms with Crippen molar-refractivity contribution in [2.24, 2.45) is 5.92 Å². The van der Waals surface area contributed by atoms with Gasteiger partial charge in [-0.1, -0.05) is 36.4 Å². The Kier molecular flexibility index (Phi) is 3.27. The van der Waals surface area contributed by atoms with Crippen LogP contribution >= 0.6 is 11.3 Å². The van der Waals surface area contributed by atoms with Gasteiger partial charge in [-0.25, -0.2) is 4.98 Å². The van der Waals surface area contributed by atoms with E-state index in [2.05, 4.69) is 33.1 Å². The lowest BCUT2D eigenvalue weighted by molar-refractivity contribution is -0.112. The quantitative estimate of drug-likeness (QED) is 0.753. The summed E-state index contributed by atoms with van der Waals surface area (Å²) in [6.07, 6.45) is 4.78. The molecule has 0 aliphatic carbocycles. The predicted molar refractivity (Wildman–Crippen MR) is 87.0 cm³/mol. The molecule has 0 fully saturated rings. The molecular formula is C17H15N3OS. The van der Waals surface area contributed by atoms with Crippen LogP contribution in [0.2, 0.25) is 0 Å². The molecule has 22 heavy (non-hydrogen) atoms. The van der Waals surface area contributed by atoms with Gasteiger partial charge in [0.1, 0.15) is 6.29 Å². The Morgan fingerprint density at radius 2 is 2.05 bits per heavy atom. The van der Waals surface area contributed by atoms with E-state index in [1.54, 1.807) is 17.5 Å². The van der Waals surface area contributed by atoms with Crippen molar-refractivity contribution in [3.8, 4) is 0 Å². The molecule has 0 amide bonds. The van der Waals surface area contributed by atoms with Crippen molar-refractivity contribution < 1.29 is 4.79 Å². The minimum atomic E-state index is -0.178. The van der Waals surface area contributed by atoms with Gasteiger partial charge in [-0.3, -0.25) is 0 Å². The van der Waals surface area contributed by atoms with E-state index in [0.717, 1.165) is 17.8 Å². The number of fused-ring (bicyclic) bond motifs is 1. The minimum absolute atomic E-state index is 0.0125. The van der Waals surface area contributed by atoms with Crippen molar-refractivity contribution >= 4 is 23.6 Å². The number of anilines is 1. The number of nitrogens with zero attached hydrogens (tertiary/aromatic N) is 2. The maximum atomic E-state index is 11.9. The number of hydrogen-bond acceptors (Lipinski definition) is 4. The van der Waals surface area contributed by atoms with Crippen LogP contribution in [0.4, 0.5) is 5.95 Å². The lowest BCUT2D eigenvalue weighted by Gasteiger charge is -2.37. The molecule has 2 aromatic heterocycles. The predicted octanol–water partition coefficient (Wildman–Crippen LogP) is 3.52. The number of imidazole rings is 1. The molecule has 3 aromatic rings. The smallest absolute Gasteiger partial charge is 0.203 e. The van der Waals surface area contributed by atoms with Gasteiger partial charge in [-0.15, -0.1) is 11.3 Å². The molecule has 0 unspecified atom stereocenters. The first-order valence-electron chi connectivity index (χ1n) is 7.21. The van der Waals surface area contributed by atoms with Crippen molar-refractivity contribution in [3.63, 3.8) is 0 Å². The van der Waals surface area contributed by atoms with Gasteiger partial charge in [0.15, 0.2) is 0 Å². The van der Waals surface area contributed by atoms with E-state index < -0.39 is 0 Å². The fourth-order valence-electron chi connectivity index (χ4n) is 3.16. The maximum absolute atomic E-state index is 11.9. The molecule has 4 nitrogen and oxygen atoms in total. The van der Waals surface area contributed by atoms with Crippen molar-refractivity contribution in [1.82, 2.24) is 9.55 Å². The van der Waals surface area contributed by atoms with Gasteiger partial charge in [0.2, 0.25) is 5.95 Å². The minimum Gasteiger partial charge on any atom is -0.348 e. The number of rotatable bonds is 3. The molecular weight excluding hydrogens is 294 g/mol. The summed E-state index contributed by atoms with van der Waals surface area (Å²) in [5.41, 5.74) is 1.11. The number of aldehydes is 1. The molecule has 5 heteroatoms. The molecule has 1 N–H and O–H groups in total. The highest BCUT2D eigenvalue weighted by Gasteiger charge is 2.38. The first kappa shape index (κ1) is 13.3. The van der Waals surface area contributed by atoms with Gasteiger partial charge in [-0.2, -0.15) is 0 Å². The van der Waals surface area contributed by atoms with Crippen molar-refractivity contribution in [3.05, 3.63) is 70.7 Å². The van der Waals surface area contributed by atoms with Crippen LogP contribution < -0.4 is 5.32 Å². The maximum Gasteiger partial charge on any atom is 0.203 e. The number of thiophene rings is 1. The lowest BCUT2D eigenvalue weighted by Crippen LogP contribution is -2.36. The van der Waals surface area contributed by atoms with Crippen LogP contribution in [0.5, 0.6) is 0 Å². The van der Waals surface area contributed by atoms with Gasteiger partial charge in [0.05, 0.1) is 18.0 Å². The Morgan fingerprint density at radius 3 is 2.77 bits per heavy atom. The summed E-state index contributed by atoms with van der Waals surface area (Å²) >= 11 is 1.68. The van der Waals surface area contributed by atoms with E-state index in [9.17, 15) is 4.79 Å². The third-order valence-electron chi connectivity index (χ3n) is 4.15. The summed E-state index contributed by atoms with van der Waals surface area (Å²) in [5.74, 6) is 0.633. The van der Waals surface area contributed by atoms with Gasteiger partial charge in [-0.05, 0) is 17.0 Å². The molecule has 0 saturated carbocycles. The molecule has 0 saturated heterocycles. The first-order valence-corrected chi connectivity index (χ1v) is 8.09. The zero-order chi connectivity index (χ0) is 14.9. The Hall–Kier alpha value is -2.40. The van der Waals surface area contributed by atoms with E-state index in [4.69, 9.17) is 0 Å². The number of aromatic nitrogens is 2. The second-order valence-electron chi connectivity index (χ2n) is 5.36. The molecule has 0 bridgehead atoms. The number of nitrogens with one attached hydrogen (secondary N) is 1. The van der Waals surface area contributed by atoms with Crippen molar-refractivity contribution in [2.45, 2.75) is 12.1 Å². The second kappa shape index (κ2) is 5.42. The van der Waals surface area contributed by atoms with E-state index in [1.807, 2.05) is 35.8 Å². The highest BCUT2D eigenvalue weighted by molar-refractivity contribution is 7.10. The van der Waals surface area contributed by atoms with Crippen LogP contribution in [0.25, 0.3) is 0 Å². The first-order chi connectivity index (χ1) is 10.9. The van der Waals surface area contributed by atoms with E-state index in [1.165, 1.54) is 4.88 Å². The lowest BCUT2D eigenvalue weighted by atomic mass is 9.85. The highest BCUT2D eigenvalue weighted by atomic mass is 32.1. The van der Waals surface area contributed by atoms with Crippen LogP contribution in [0, 0.1) is 5.92 Å². The highest BCUT2D eigenvalue weighted by Crippen LogP contribution is 2.43. The number of benzene rings is 1. The Labute approximate surface area is 132 Å². The van der Waals surface area contributed by atoms with E-state index in [0.29, 0.717) is 0 Å². The van der Waals surface area contributed by atoms with Crippen LogP contribution in [-0.2, 0) is 4.79 Å². The second-order valence-corrected chi connectivity index (χ2v) is 6.34. The largest absolute Gasteiger partial charge is 0.348 e. The summed E-state index contributed by atoms with van der Waals surface area (Å²) in [6, 6.07) is 14.1. The van der Waals surface area contributed by atoms with Gasteiger partial charge in [0.25, 0.3) is 0 Å². The zero-order valence-corrected chi connectivity index (χ0v) is 12.6. The topological polar surface area (TPSA) is 46.9 Å². The molecule has 110 valence electrons. The molecule has 0 spiro atoms. The van der Waals surface area contributed by atoms with Gasteiger partial charge in [0, 0.05) is 17.3 Å². The number of hydrogen-bond donors (Lipinski definition) is 1. The average molecular weight is 309 g/mol.